The van der Waals surface area contributed by atoms with Gasteiger partial charge in [0, 0.05) is 12.1 Å². The molecule has 2 unspecified atom stereocenters. The molecule has 0 spiro atoms. The maximum Gasteiger partial charge on any atom is 0.129 e. The van der Waals surface area contributed by atoms with Crippen LogP contribution in [0.5, 0.6) is 0 Å². The van der Waals surface area contributed by atoms with E-state index in [0.717, 1.165) is 25.3 Å². The van der Waals surface area contributed by atoms with Gasteiger partial charge in [0.25, 0.3) is 0 Å². The van der Waals surface area contributed by atoms with E-state index in [0.29, 0.717) is 12.0 Å². The molecule has 2 N–H and O–H groups in total. The van der Waals surface area contributed by atoms with Gasteiger partial charge in [-0.05, 0) is 54.4 Å². The zero-order valence-corrected chi connectivity index (χ0v) is 11.9. The summed E-state index contributed by atoms with van der Waals surface area (Å²) in [5.41, 5.74) is 9.44. The smallest absolute Gasteiger partial charge is 0.129 e. The van der Waals surface area contributed by atoms with Crippen molar-refractivity contribution in [3.8, 4) is 0 Å². The zero-order chi connectivity index (χ0) is 14.8. The zero-order valence-electron chi connectivity index (χ0n) is 11.9. The lowest BCUT2D eigenvalue weighted by Gasteiger charge is -2.23. The second-order valence-electron chi connectivity index (χ2n) is 5.82. The monoisotopic (exact) mass is 287 g/mol. The Kier molecular flexibility index (Phi) is 4.02. The predicted molar refractivity (Wildman–Crippen MR) is 79.9 cm³/mol. The van der Waals surface area contributed by atoms with Crippen LogP contribution in [0.3, 0.4) is 0 Å². The van der Waals surface area contributed by atoms with Gasteiger partial charge in [-0.15, -0.1) is 0 Å². The fourth-order valence-electron chi connectivity index (χ4n) is 3.27. The molecule has 2 atom stereocenters. The molecule has 2 aromatic carbocycles. The molecule has 0 saturated heterocycles. The quantitative estimate of drug-likeness (QED) is 0.825. The molecule has 3 heteroatoms. The van der Waals surface area contributed by atoms with Crippen molar-refractivity contribution in [1.82, 2.24) is 0 Å². The van der Waals surface area contributed by atoms with Crippen LogP contribution >= 0.6 is 0 Å². The van der Waals surface area contributed by atoms with Crippen molar-refractivity contribution in [1.29, 1.82) is 0 Å². The van der Waals surface area contributed by atoms with Crippen LogP contribution in [0.1, 0.15) is 35.6 Å². The second-order valence-corrected chi connectivity index (χ2v) is 5.82. The Morgan fingerprint density at radius 2 is 1.90 bits per heavy atom. The predicted octanol–water partition coefficient (Wildman–Crippen LogP) is 4.16. The highest BCUT2D eigenvalue weighted by Gasteiger charge is 2.25. The number of aryl methyl sites for hydroxylation is 1. The Labute approximate surface area is 123 Å². The van der Waals surface area contributed by atoms with Crippen molar-refractivity contribution in [2.45, 2.75) is 31.7 Å². The van der Waals surface area contributed by atoms with Crippen LogP contribution in [0.4, 0.5) is 8.78 Å². The number of benzene rings is 2. The summed E-state index contributed by atoms with van der Waals surface area (Å²) >= 11 is 0. The molecule has 21 heavy (non-hydrogen) atoms. The van der Waals surface area contributed by atoms with E-state index in [1.807, 2.05) is 12.1 Å². The van der Waals surface area contributed by atoms with Crippen LogP contribution in [-0.4, -0.2) is 0 Å². The van der Waals surface area contributed by atoms with Gasteiger partial charge in [-0.1, -0.05) is 30.3 Å². The summed E-state index contributed by atoms with van der Waals surface area (Å²) in [5, 5.41) is 0. The largest absolute Gasteiger partial charge is 0.324 e. The minimum atomic E-state index is -0.535. The number of rotatable bonds is 2. The molecule has 0 amide bonds. The number of hydrogen-bond donors (Lipinski definition) is 1. The molecule has 2 aromatic rings. The summed E-state index contributed by atoms with van der Waals surface area (Å²) in [6.07, 6.45) is 3.60. The Morgan fingerprint density at radius 3 is 2.71 bits per heavy atom. The van der Waals surface area contributed by atoms with Gasteiger partial charge in [0.2, 0.25) is 0 Å². The van der Waals surface area contributed by atoms with Gasteiger partial charge in [0.15, 0.2) is 0 Å². The summed E-state index contributed by atoms with van der Waals surface area (Å²) in [6, 6.07) is 11.9. The van der Waals surface area contributed by atoms with Gasteiger partial charge in [-0.3, -0.25) is 0 Å². The van der Waals surface area contributed by atoms with E-state index >= 15 is 0 Å². The number of hydrogen-bond acceptors (Lipinski definition) is 1. The number of fused-ring (bicyclic) bond motifs is 1. The highest BCUT2D eigenvalue weighted by Crippen LogP contribution is 2.34. The van der Waals surface area contributed by atoms with E-state index in [9.17, 15) is 8.78 Å². The first-order valence-corrected chi connectivity index (χ1v) is 7.42. The number of nitrogens with two attached hydrogens (primary N) is 1. The SMILES string of the molecule is NC1c2ccccc2CCCC1Cc1ccc(F)cc1F. The molecular weight excluding hydrogens is 268 g/mol. The Hall–Kier alpha value is -1.74. The van der Waals surface area contributed by atoms with E-state index in [2.05, 4.69) is 12.1 Å². The fourth-order valence-corrected chi connectivity index (χ4v) is 3.27. The average molecular weight is 287 g/mol. The van der Waals surface area contributed by atoms with E-state index in [1.54, 1.807) is 0 Å². The van der Waals surface area contributed by atoms with Crippen molar-refractivity contribution < 1.29 is 8.78 Å². The third-order valence-corrected chi connectivity index (χ3v) is 4.44. The van der Waals surface area contributed by atoms with Crippen molar-refractivity contribution in [3.63, 3.8) is 0 Å². The summed E-state index contributed by atoms with van der Waals surface area (Å²) < 4.78 is 26.8. The molecule has 0 saturated carbocycles. The minimum absolute atomic E-state index is 0.0897. The molecule has 0 radical (unpaired) electrons. The first-order valence-electron chi connectivity index (χ1n) is 7.42. The first-order chi connectivity index (χ1) is 10.1. The molecule has 1 aliphatic carbocycles. The third-order valence-electron chi connectivity index (χ3n) is 4.44. The molecular formula is C18H19F2N. The topological polar surface area (TPSA) is 26.0 Å². The second kappa shape index (κ2) is 5.94. The molecule has 0 fully saturated rings. The van der Waals surface area contributed by atoms with E-state index in [1.165, 1.54) is 23.3 Å². The molecule has 0 bridgehead atoms. The summed E-state index contributed by atoms with van der Waals surface area (Å²) in [5.74, 6) is -0.819. The van der Waals surface area contributed by atoms with Gasteiger partial charge in [-0.25, -0.2) is 8.78 Å². The van der Waals surface area contributed by atoms with E-state index < -0.39 is 11.6 Å². The standard InChI is InChI=1S/C18H19F2N/c19-15-9-8-13(17(20)11-15)10-14-6-3-5-12-4-1-2-7-16(12)18(14)21/h1-2,4,7-9,11,14,18H,3,5-6,10,21H2. The van der Waals surface area contributed by atoms with Crippen molar-refractivity contribution in [3.05, 3.63) is 70.8 Å². The Bertz CT molecular complexity index is 639. The van der Waals surface area contributed by atoms with Gasteiger partial charge in [0.1, 0.15) is 11.6 Å². The van der Waals surface area contributed by atoms with Crippen LogP contribution in [-0.2, 0) is 12.8 Å². The van der Waals surface area contributed by atoms with Crippen LogP contribution in [0, 0.1) is 17.6 Å². The lowest BCUT2D eigenvalue weighted by Crippen LogP contribution is -2.23. The lowest BCUT2D eigenvalue weighted by molar-refractivity contribution is 0.395. The summed E-state index contributed by atoms with van der Waals surface area (Å²) in [7, 11) is 0. The fraction of sp³-hybridized carbons (Fsp3) is 0.333. The third kappa shape index (κ3) is 2.98. The van der Waals surface area contributed by atoms with Gasteiger partial charge in [-0.2, -0.15) is 0 Å². The van der Waals surface area contributed by atoms with Gasteiger partial charge >= 0.3 is 0 Å². The Balaban J connectivity index is 1.86. The highest BCUT2D eigenvalue weighted by molar-refractivity contribution is 5.32. The van der Waals surface area contributed by atoms with Crippen molar-refractivity contribution in [2.75, 3.05) is 0 Å². The highest BCUT2D eigenvalue weighted by atomic mass is 19.1. The molecule has 0 aromatic heterocycles. The molecule has 1 aliphatic rings. The van der Waals surface area contributed by atoms with Crippen LogP contribution in [0.15, 0.2) is 42.5 Å². The van der Waals surface area contributed by atoms with Crippen molar-refractivity contribution in [2.24, 2.45) is 11.7 Å². The van der Waals surface area contributed by atoms with E-state index in [-0.39, 0.29) is 12.0 Å². The van der Waals surface area contributed by atoms with E-state index in [4.69, 9.17) is 5.73 Å². The van der Waals surface area contributed by atoms with Gasteiger partial charge < -0.3 is 5.73 Å². The number of halogens is 2. The lowest BCUT2D eigenvalue weighted by atomic mass is 9.86. The summed E-state index contributed by atoms with van der Waals surface area (Å²) in [4.78, 5) is 0. The van der Waals surface area contributed by atoms with Crippen LogP contribution in [0.25, 0.3) is 0 Å². The van der Waals surface area contributed by atoms with Crippen molar-refractivity contribution >= 4 is 0 Å². The molecule has 0 heterocycles. The maximum atomic E-state index is 13.8. The first kappa shape index (κ1) is 14.2. The molecule has 1 nitrogen and oxygen atoms in total. The minimum Gasteiger partial charge on any atom is -0.324 e. The molecule has 0 aliphatic heterocycles. The average Bonchev–Trinajstić information content (AvgIpc) is 2.63. The normalized spacial score (nSPS) is 21.7. The maximum absolute atomic E-state index is 13.8. The molecule has 3 rings (SSSR count). The van der Waals surface area contributed by atoms with Crippen LogP contribution in [0.2, 0.25) is 0 Å². The Morgan fingerprint density at radius 1 is 1.10 bits per heavy atom. The van der Waals surface area contributed by atoms with Gasteiger partial charge in [0.05, 0.1) is 0 Å². The van der Waals surface area contributed by atoms with Crippen LogP contribution < -0.4 is 5.73 Å². The summed E-state index contributed by atoms with van der Waals surface area (Å²) in [6.45, 7) is 0. The molecule has 110 valence electrons.